The van der Waals surface area contributed by atoms with Gasteiger partial charge in [0.05, 0.1) is 10.2 Å². The highest BCUT2D eigenvalue weighted by molar-refractivity contribution is 9.10. The molecule has 2 heterocycles. The van der Waals surface area contributed by atoms with Crippen LogP contribution in [0, 0.1) is 6.92 Å². The Kier molecular flexibility index (Phi) is 3.91. The summed E-state index contributed by atoms with van der Waals surface area (Å²) in [5, 5.41) is 3.07. The Morgan fingerprint density at radius 2 is 2.11 bits per heavy atom. The molecule has 5 heteroatoms. The van der Waals surface area contributed by atoms with Crippen LogP contribution in [0.3, 0.4) is 0 Å². The molecule has 94 valence electrons. The largest absolute Gasteiger partial charge is 0.372 e. The monoisotopic (exact) mass is 306 g/mol. The number of aryl methyl sites for hydroxylation is 2. The second-order valence-electron chi connectivity index (χ2n) is 3.93. The van der Waals surface area contributed by atoms with Crippen LogP contribution in [0.1, 0.15) is 18.2 Å². The van der Waals surface area contributed by atoms with Crippen molar-refractivity contribution in [3.05, 3.63) is 34.1 Å². The first kappa shape index (κ1) is 13.0. The number of hydrogen-bond donors (Lipinski definition) is 1. The molecule has 0 aliphatic rings. The van der Waals surface area contributed by atoms with Gasteiger partial charge in [0.2, 0.25) is 0 Å². The Hall–Kier alpha value is -1.49. The Morgan fingerprint density at radius 1 is 1.33 bits per heavy atom. The third-order valence-corrected chi connectivity index (χ3v) is 3.55. The van der Waals surface area contributed by atoms with Crippen LogP contribution in [-0.2, 0) is 6.42 Å². The van der Waals surface area contributed by atoms with Crippen molar-refractivity contribution >= 4 is 21.7 Å². The van der Waals surface area contributed by atoms with E-state index in [2.05, 4.69) is 43.1 Å². The first-order valence-electron chi connectivity index (χ1n) is 5.83. The van der Waals surface area contributed by atoms with Crippen LogP contribution in [0.5, 0.6) is 0 Å². The number of hydrogen-bond acceptors (Lipinski definition) is 4. The molecule has 1 N–H and O–H groups in total. The Balaban J connectivity index is 2.62. The van der Waals surface area contributed by atoms with Crippen LogP contribution in [0.15, 0.2) is 22.8 Å². The molecule has 0 aromatic carbocycles. The van der Waals surface area contributed by atoms with Gasteiger partial charge >= 0.3 is 0 Å². The predicted molar refractivity (Wildman–Crippen MR) is 76.6 cm³/mol. The van der Waals surface area contributed by atoms with E-state index in [4.69, 9.17) is 0 Å². The molecule has 0 fully saturated rings. The lowest BCUT2D eigenvalue weighted by atomic mass is 10.2. The molecule has 4 nitrogen and oxygen atoms in total. The molecule has 18 heavy (non-hydrogen) atoms. The highest BCUT2D eigenvalue weighted by atomic mass is 79.9. The summed E-state index contributed by atoms with van der Waals surface area (Å²) in [5.74, 6) is 1.46. The van der Waals surface area contributed by atoms with Crippen molar-refractivity contribution in [3.63, 3.8) is 0 Å². The lowest BCUT2D eigenvalue weighted by Crippen LogP contribution is -2.04. The summed E-state index contributed by atoms with van der Waals surface area (Å²) < 4.78 is 0.921. The van der Waals surface area contributed by atoms with E-state index in [-0.39, 0.29) is 0 Å². The molecule has 2 rings (SSSR count). The van der Waals surface area contributed by atoms with Crippen LogP contribution >= 0.6 is 15.9 Å². The van der Waals surface area contributed by atoms with Crippen LogP contribution < -0.4 is 5.32 Å². The van der Waals surface area contributed by atoms with Gasteiger partial charge in [-0.1, -0.05) is 13.0 Å². The van der Waals surface area contributed by atoms with Crippen molar-refractivity contribution in [2.45, 2.75) is 20.3 Å². The molecular formula is C13H15BrN4. The van der Waals surface area contributed by atoms with Crippen LogP contribution in [-0.4, -0.2) is 22.0 Å². The number of nitrogens with one attached hydrogen (secondary N) is 1. The summed E-state index contributed by atoms with van der Waals surface area (Å²) in [6.45, 7) is 4.08. The van der Waals surface area contributed by atoms with Gasteiger partial charge in [-0.25, -0.2) is 9.97 Å². The fourth-order valence-corrected chi connectivity index (χ4v) is 2.38. The van der Waals surface area contributed by atoms with Crippen molar-refractivity contribution < 1.29 is 0 Å². The van der Waals surface area contributed by atoms with Crippen LogP contribution in [0.4, 0.5) is 5.82 Å². The summed E-state index contributed by atoms with van der Waals surface area (Å²) in [6.07, 6.45) is 2.61. The highest BCUT2D eigenvalue weighted by Crippen LogP contribution is 2.27. The average Bonchev–Trinajstić information content (AvgIpc) is 2.40. The fourth-order valence-electron chi connectivity index (χ4n) is 1.72. The Labute approximate surface area is 115 Å². The number of anilines is 1. The molecule has 0 saturated carbocycles. The normalized spacial score (nSPS) is 10.4. The second-order valence-corrected chi connectivity index (χ2v) is 4.72. The SMILES string of the molecule is CCc1nc(-c2ncccc2C)nc(NC)c1Br. The third-order valence-electron chi connectivity index (χ3n) is 2.71. The fraction of sp³-hybridized carbons (Fsp3) is 0.308. The van der Waals surface area contributed by atoms with Crippen molar-refractivity contribution in [1.82, 2.24) is 15.0 Å². The summed E-state index contributed by atoms with van der Waals surface area (Å²) in [6, 6.07) is 3.93. The molecule has 0 atom stereocenters. The van der Waals surface area contributed by atoms with Gasteiger partial charge in [-0.15, -0.1) is 0 Å². The minimum atomic E-state index is 0.664. The lowest BCUT2D eigenvalue weighted by molar-refractivity contribution is 0.982. The molecule has 0 amide bonds. The summed E-state index contributed by atoms with van der Waals surface area (Å²) >= 11 is 3.52. The topological polar surface area (TPSA) is 50.7 Å². The zero-order valence-corrected chi connectivity index (χ0v) is 12.2. The number of halogens is 1. The molecule has 2 aromatic rings. The van der Waals surface area contributed by atoms with Gasteiger partial charge in [0.1, 0.15) is 11.5 Å². The molecule has 0 bridgehead atoms. The molecule has 0 spiro atoms. The van der Waals surface area contributed by atoms with Crippen molar-refractivity contribution in [2.75, 3.05) is 12.4 Å². The number of nitrogens with zero attached hydrogens (tertiary/aromatic N) is 3. The first-order valence-corrected chi connectivity index (χ1v) is 6.62. The molecule has 2 aromatic heterocycles. The Bertz CT molecular complexity index is 544. The van der Waals surface area contributed by atoms with Gasteiger partial charge in [-0.05, 0) is 40.9 Å². The van der Waals surface area contributed by atoms with Gasteiger partial charge in [-0.2, -0.15) is 0 Å². The molecule has 0 radical (unpaired) electrons. The van der Waals surface area contributed by atoms with Crippen molar-refractivity contribution in [2.24, 2.45) is 0 Å². The minimum Gasteiger partial charge on any atom is -0.372 e. The highest BCUT2D eigenvalue weighted by Gasteiger charge is 2.13. The minimum absolute atomic E-state index is 0.664. The molecular weight excluding hydrogens is 292 g/mol. The maximum Gasteiger partial charge on any atom is 0.180 e. The maximum atomic E-state index is 4.57. The van der Waals surface area contributed by atoms with E-state index in [1.165, 1.54) is 0 Å². The van der Waals surface area contributed by atoms with E-state index in [1.807, 2.05) is 26.1 Å². The average molecular weight is 307 g/mol. The zero-order chi connectivity index (χ0) is 13.1. The first-order chi connectivity index (χ1) is 8.67. The zero-order valence-electron chi connectivity index (χ0n) is 10.7. The van der Waals surface area contributed by atoms with E-state index in [0.717, 1.165) is 33.7 Å². The summed E-state index contributed by atoms with van der Waals surface area (Å²) in [4.78, 5) is 13.4. The smallest absolute Gasteiger partial charge is 0.180 e. The maximum absolute atomic E-state index is 4.57. The molecule has 0 aliphatic heterocycles. The summed E-state index contributed by atoms with van der Waals surface area (Å²) in [7, 11) is 1.85. The molecule has 0 unspecified atom stereocenters. The predicted octanol–water partition coefficient (Wildman–Crippen LogP) is 3.21. The van der Waals surface area contributed by atoms with Crippen molar-refractivity contribution in [1.29, 1.82) is 0 Å². The van der Waals surface area contributed by atoms with Gasteiger partial charge in [0.15, 0.2) is 5.82 Å². The van der Waals surface area contributed by atoms with Crippen molar-refractivity contribution in [3.8, 4) is 11.5 Å². The van der Waals surface area contributed by atoms with Gasteiger partial charge in [0.25, 0.3) is 0 Å². The van der Waals surface area contributed by atoms with E-state index in [9.17, 15) is 0 Å². The van der Waals surface area contributed by atoms with Gasteiger partial charge < -0.3 is 5.32 Å². The van der Waals surface area contributed by atoms with Gasteiger partial charge in [0, 0.05) is 13.2 Å². The van der Waals surface area contributed by atoms with E-state index < -0.39 is 0 Å². The van der Waals surface area contributed by atoms with E-state index in [0.29, 0.717) is 5.82 Å². The Morgan fingerprint density at radius 3 is 2.72 bits per heavy atom. The quantitative estimate of drug-likeness (QED) is 0.946. The van der Waals surface area contributed by atoms with Crippen LogP contribution in [0.2, 0.25) is 0 Å². The number of pyridine rings is 1. The molecule has 0 aliphatic carbocycles. The van der Waals surface area contributed by atoms with Crippen LogP contribution in [0.25, 0.3) is 11.5 Å². The van der Waals surface area contributed by atoms with E-state index >= 15 is 0 Å². The third kappa shape index (κ3) is 2.36. The number of rotatable bonds is 3. The molecule has 0 saturated heterocycles. The van der Waals surface area contributed by atoms with Gasteiger partial charge in [-0.3, -0.25) is 4.98 Å². The second kappa shape index (κ2) is 5.44. The number of aromatic nitrogens is 3. The van der Waals surface area contributed by atoms with E-state index in [1.54, 1.807) is 6.20 Å². The summed E-state index contributed by atoms with van der Waals surface area (Å²) in [5.41, 5.74) is 2.88. The lowest BCUT2D eigenvalue weighted by Gasteiger charge is -2.10. The standard InChI is InChI=1S/C13H15BrN4/c1-4-9-10(14)12(15-3)18-13(17-9)11-8(2)6-5-7-16-11/h5-7H,4H2,1-3H3,(H,15,17,18).